The van der Waals surface area contributed by atoms with Gasteiger partial charge < -0.3 is 0 Å². The first kappa shape index (κ1) is 21.2. The molecule has 4 nitrogen and oxygen atoms in total. The van der Waals surface area contributed by atoms with E-state index in [2.05, 4.69) is 0 Å². The monoisotopic (exact) mass is 450 g/mol. The molecule has 2 aromatic carbocycles. The molecule has 4 rings (SSSR count). The predicted octanol–water partition coefficient (Wildman–Crippen LogP) is 6.03. The van der Waals surface area contributed by atoms with E-state index in [1.165, 1.54) is 18.2 Å². The van der Waals surface area contributed by atoms with E-state index in [0.29, 0.717) is 45.1 Å². The van der Waals surface area contributed by atoms with Crippen molar-refractivity contribution in [2.45, 2.75) is 19.8 Å². The minimum atomic E-state index is -0.360. The number of allylic oxidation sites excluding steroid dienone is 6. The number of hydrogen-bond acceptors (Lipinski definition) is 4. The van der Waals surface area contributed by atoms with Gasteiger partial charge in [-0.05, 0) is 55.3 Å². The lowest BCUT2D eigenvalue weighted by molar-refractivity contribution is 0.0973. The number of fused-ring (bicyclic) bond motifs is 2. The molecule has 0 aliphatic heterocycles. The quantitative estimate of drug-likeness (QED) is 0.421. The van der Waals surface area contributed by atoms with Gasteiger partial charge in [-0.3, -0.25) is 19.2 Å². The molecule has 2 aliphatic carbocycles. The molecule has 0 saturated carbocycles. The third-order valence-corrected chi connectivity index (χ3v) is 5.90. The van der Waals surface area contributed by atoms with E-state index in [0.717, 1.165) is 5.57 Å². The molecule has 0 spiro atoms. The van der Waals surface area contributed by atoms with Crippen molar-refractivity contribution in [3.05, 3.63) is 104 Å². The molecular weight excluding hydrogens is 435 g/mol. The Labute approximate surface area is 188 Å². The summed E-state index contributed by atoms with van der Waals surface area (Å²) in [5, 5.41) is 0.792. The molecule has 0 N–H and O–H groups in total. The van der Waals surface area contributed by atoms with Gasteiger partial charge >= 0.3 is 0 Å². The molecule has 2 aromatic rings. The molecule has 31 heavy (non-hydrogen) atoms. The average molecular weight is 451 g/mol. The average Bonchev–Trinajstić information content (AvgIpc) is 3.12. The Morgan fingerprint density at radius 3 is 1.77 bits per heavy atom. The number of carbonyl (C=O) groups is 4. The lowest BCUT2D eigenvalue weighted by Gasteiger charge is -2.01. The molecule has 0 fully saturated rings. The van der Waals surface area contributed by atoms with Gasteiger partial charge in [-0.25, -0.2) is 0 Å². The van der Waals surface area contributed by atoms with Crippen molar-refractivity contribution in [2.75, 3.05) is 0 Å². The van der Waals surface area contributed by atoms with Gasteiger partial charge in [-0.15, -0.1) is 0 Å². The molecule has 0 heterocycles. The van der Waals surface area contributed by atoms with E-state index in [1.807, 2.05) is 6.92 Å². The largest absolute Gasteiger partial charge is 0.288 e. The van der Waals surface area contributed by atoms with Crippen LogP contribution in [0.1, 0.15) is 61.2 Å². The fraction of sp³-hybridized carbons (Fsp3) is 0.120. The van der Waals surface area contributed by atoms with Gasteiger partial charge in [-0.2, -0.15) is 0 Å². The van der Waals surface area contributed by atoms with Crippen LogP contribution in [0.15, 0.2) is 71.3 Å². The molecule has 0 saturated heterocycles. The lowest BCUT2D eigenvalue weighted by Crippen LogP contribution is -2.01. The van der Waals surface area contributed by atoms with E-state index < -0.39 is 0 Å². The summed E-state index contributed by atoms with van der Waals surface area (Å²) in [4.78, 5) is 50.3. The fourth-order valence-corrected chi connectivity index (χ4v) is 4.04. The van der Waals surface area contributed by atoms with Crippen molar-refractivity contribution in [1.29, 1.82) is 0 Å². The highest BCUT2D eigenvalue weighted by Gasteiger charge is 2.34. The first-order valence-corrected chi connectivity index (χ1v) is 10.4. The topological polar surface area (TPSA) is 68.3 Å². The summed E-state index contributed by atoms with van der Waals surface area (Å²) in [5.41, 5.74) is 2.35. The van der Waals surface area contributed by atoms with Crippen LogP contribution in [-0.4, -0.2) is 23.1 Å². The maximum Gasteiger partial charge on any atom is 0.197 e. The summed E-state index contributed by atoms with van der Waals surface area (Å²) in [6, 6.07) is 9.26. The second-order valence-electron chi connectivity index (χ2n) is 7.28. The smallest absolute Gasteiger partial charge is 0.197 e. The van der Waals surface area contributed by atoms with E-state index in [-0.39, 0.29) is 34.3 Å². The van der Waals surface area contributed by atoms with Crippen LogP contribution >= 0.6 is 23.2 Å². The summed E-state index contributed by atoms with van der Waals surface area (Å²) < 4.78 is 0. The van der Waals surface area contributed by atoms with E-state index in [9.17, 15) is 19.2 Å². The highest BCUT2D eigenvalue weighted by molar-refractivity contribution is 6.41. The van der Waals surface area contributed by atoms with Crippen molar-refractivity contribution < 1.29 is 19.2 Å². The first-order chi connectivity index (χ1) is 14.8. The third-order valence-electron chi connectivity index (χ3n) is 5.43. The molecule has 2 aliphatic rings. The van der Waals surface area contributed by atoms with Gasteiger partial charge in [0.25, 0.3) is 0 Å². The predicted molar refractivity (Wildman–Crippen MR) is 119 cm³/mol. The van der Waals surface area contributed by atoms with E-state index in [4.69, 9.17) is 23.2 Å². The standard InChI is InChI=1S/C25H16Cl2O4/c1-2-13(3-7-18-22(28)16-9-5-14(26)11-20(16)24(18)30)4-8-19-23(29)17-10-6-15(27)12-21(17)25(19)31/h3,5-12H,2,4H2,1H3. The SMILES string of the molecule is CCC(=CC=C1C(=O)c2ccc(Cl)cc2C1=O)CC=C1C(=O)c2ccc(Cl)cc2C1=O. The lowest BCUT2D eigenvalue weighted by atomic mass is 10.0. The van der Waals surface area contributed by atoms with Crippen molar-refractivity contribution in [3.8, 4) is 0 Å². The van der Waals surface area contributed by atoms with Crippen LogP contribution in [0, 0.1) is 0 Å². The number of ketones is 4. The zero-order valence-corrected chi connectivity index (χ0v) is 18.0. The Morgan fingerprint density at radius 1 is 0.742 bits per heavy atom. The number of rotatable bonds is 4. The Hall–Kier alpha value is -3.08. The van der Waals surface area contributed by atoms with Crippen LogP contribution in [0.2, 0.25) is 10.0 Å². The Bertz CT molecular complexity index is 1280. The molecule has 6 heteroatoms. The highest BCUT2D eigenvalue weighted by atomic mass is 35.5. The normalized spacial score (nSPS) is 18.4. The van der Waals surface area contributed by atoms with Gasteiger partial charge in [-0.1, -0.05) is 47.9 Å². The van der Waals surface area contributed by atoms with Gasteiger partial charge in [0.2, 0.25) is 0 Å². The van der Waals surface area contributed by atoms with Crippen molar-refractivity contribution in [3.63, 3.8) is 0 Å². The molecule has 0 radical (unpaired) electrons. The highest BCUT2D eigenvalue weighted by Crippen LogP contribution is 2.31. The van der Waals surface area contributed by atoms with Crippen LogP contribution in [0.3, 0.4) is 0 Å². The Kier molecular flexibility index (Phi) is 5.61. The molecule has 0 atom stereocenters. The number of halogens is 2. The van der Waals surface area contributed by atoms with E-state index >= 15 is 0 Å². The maximum absolute atomic E-state index is 12.6. The summed E-state index contributed by atoms with van der Waals surface area (Å²) in [6.45, 7) is 1.92. The molecule has 154 valence electrons. The number of hydrogen-bond donors (Lipinski definition) is 0. The van der Waals surface area contributed by atoms with Crippen LogP contribution in [-0.2, 0) is 0 Å². The summed E-state index contributed by atoms with van der Waals surface area (Å²) in [7, 11) is 0. The molecular formula is C25H16Cl2O4. The zero-order valence-electron chi connectivity index (χ0n) is 16.5. The molecule has 0 amide bonds. The van der Waals surface area contributed by atoms with Crippen LogP contribution < -0.4 is 0 Å². The summed E-state index contributed by atoms with van der Waals surface area (Å²) in [6.07, 6.45) is 5.76. The van der Waals surface area contributed by atoms with Gasteiger partial charge in [0.1, 0.15) is 0 Å². The van der Waals surface area contributed by atoms with Crippen LogP contribution in [0.25, 0.3) is 0 Å². The summed E-state index contributed by atoms with van der Waals surface area (Å²) in [5.74, 6) is -1.36. The minimum absolute atomic E-state index is 0.0749. The van der Waals surface area contributed by atoms with Crippen molar-refractivity contribution in [1.82, 2.24) is 0 Å². The second-order valence-corrected chi connectivity index (χ2v) is 8.15. The van der Waals surface area contributed by atoms with Crippen molar-refractivity contribution >= 4 is 46.3 Å². The van der Waals surface area contributed by atoms with Crippen molar-refractivity contribution in [2.24, 2.45) is 0 Å². The van der Waals surface area contributed by atoms with E-state index in [1.54, 1.807) is 36.4 Å². The fourth-order valence-electron chi connectivity index (χ4n) is 3.69. The van der Waals surface area contributed by atoms with Gasteiger partial charge in [0, 0.05) is 32.3 Å². The number of benzene rings is 2. The number of carbonyl (C=O) groups excluding carboxylic acids is 4. The van der Waals surface area contributed by atoms with Crippen LogP contribution in [0.5, 0.6) is 0 Å². The second kappa shape index (κ2) is 8.22. The Balaban J connectivity index is 1.58. The van der Waals surface area contributed by atoms with Gasteiger partial charge in [0.05, 0.1) is 11.1 Å². The molecule has 0 aromatic heterocycles. The molecule has 0 unspecified atom stereocenters. The minimum Gasteiger partial charge on any atom is -0.288 e. The zero-order chi connectivity index (χ0) is 22.3. The number of Topliss-reactive ketones (excluding diaryl/α,β-unsaturated/α-hetero) is 4. The third kappa shape index (κ3) is 3.73. The van der Waals surface area contributed by atoms with Crippen LogP contribution in [0.4, 0.5) is 0 Å². The molecule has 0 bridgehead atoms. The maximum atomic E-state index is 12.6. The first-order valence-electron chi connectivity index (χ1n) is 9.69. The summed E-state index contributed by atoms with van der Waals surface area (Å²) >= 11 is 11.9. The Morgan fingerprint density at radius 2 is 1.23 bits per heavy atom. The van der Waals surface area contributed by atoms with Gasteiger partial charge in [0.15, 0.2) is 23.1 Å².